The minimum Gasteiger partial charge on any atom is -0.331 e. The van der Waals surface area contributed by atoms with Gasteiger partial charge in [0, 0.05) is 62.9 Å². The fraction of sp³-hybridized carbons (Fsp3) is 0.333. The second-order valence-electron chi connectivity index (χ2n) is 11.4. The number of aromatic nitrogens is 2. The van der Waals surface area contributed by atoms with Crippen molar-refractivity contribution in [3.8, 4) is 6.07 Å². The predicted octanol–water partition coefficient (Wildman–Crippen LogP) is 5.42. The van der Waals surface area contributed by atoms with E-state index >= 15 is 0 Å². The topological polar surface area (TPSA) is 89.6 Å². The largest absolute Gasteiger partial charge is 0.331 e. The summed E-state index contributed by atoms with van der Waals surface area (Å²) in [5.74, 6) is 2.20. The molecule has 8 nitrogen and oxygen atoms in total. The van der Waals surface area contributed by atoms with Crippen LogP contribution in [0.3, 0.4) is 0 Å². The Kier molecular flexibility index (Phi) is 6.52. The third kappa shape index (κ3) is 4.87. The molecule has 41 heavy (non-hydrogen) atoms. The van der Waals surface area contributed by atoms with E-state index in [0.717, 1.165) is 31.9 Å². The summed E-state index contributed by atoms with van der Waals surface area (Å²) in [6, 6.07) is 17.8. The second kappa shape index (κ2) is 10.5. The average molecular weight is 544 g/mol. The number of rotatable bonds is 4. The molecule has 2 fully saturated rings. The van der Waals surface area contributed by atoms with Gasteiger partial charge in [0.25, 0.3) is 0 Å². The van der Waals surface area contributed by atoms with Crippen LogP contribution in [0.2, 0.25) is 0 Å². The molecule has 3 aromatic rings. The maximum absolute atomic E-state index is 13.1. The van der Waals surface area contributed by atoms with Crippen LogP contribution in [0.4, 0.5) is 10.5 Å². The lowest BCUT2D eigenvalue weighted by molar-refractivity contribution is 0.124. The number of piperazine rings is 1. The van der Waals surface area contributed by atoms with E-state index in [1.54, 1.807) is 24.3 Å². The molecule has 1 saturated carbocycles. The Balaban J connectivity index is 1.16. The van der Waals surface area contributed by atoms with Gasteiger partial charge in [0.15, 0.2) is 0 Å². The molecular weight excluding hydrogens is 510 g/mol. The first-order valence-corrected chi connectivity index (χ1v) is 14.4. The van der Waals surface area contributed by atoms with Gasteiger partial charge in [0.05, 0.1) is 23.4 Å². The summed E-state index contributed by atoms with van der Waals surface area (Å²) >= 11 is 0. The summed E-state index contributed by atoms with van der Waals surface area (Å²) in [7, 11) is 0. The molecule has 2 amide bonds. The molecule has 2 aromatic carbocycles. The molecule has 3 heterocycles. The number of hydrogen-bond acceptors (Lipinski definition) is 5. The van der Waals surface area contributed by atoms with Gasteiger partial charge >= 0.3 is 6.03 Å². The number of benzene rings is 2. The van der Waals surface area contributed by atoms with Gasteiger partial charge in [0.1, 0.15) is 5.82 Å². The monoisotopic (exact) mass is 543 g/mol. The highest BCUT2D eigenvalue weighted by Gasteiger charge is 2.45. The van der Waals surface area contributed by atoms with Gasteiger partial charge in [-0.3, -0.25) is 9.89 Å². The highest BCUT2D eigenvalue weighted by atomic mass is 16.2. The van der Waals surface area contributed by atoms with Crippen molar-refractivity contribution in [1.29, 1.82) is 5.26 Å². The maximum atomic E-state index is 13.1. The number of carbonyl (C=O) groups excluding carboxylic acids is 1. The number of imidazole rings is 1. The molecule has 3 atom stereocenters. The molecule has 2 aliphatic carbocycles. The Hall–Kier alpha value is -4.48. The van der Waals surface area contributed by atoms with E-state index in [-0.39, 0.29) is 12.1 Å². The number of carbonyl (C=O) groups is 1. The Labute approximate surface area is 240 Å². The van der Waals surface area contributed by atoms with Crippen LogP contribution in [0.1, 0.15) is 41.4 Å². The molecule has 206 valence electrons. The summed E-state index contributed by atoms with van der Waals surface area (Å²) in [5.41, 5.74) is 7.85. The summed E-state index contributed by atoms with van der Waals surface area (Å²) in [5, 5.41) is 12.0. The average Bonchev–Trinajstić information content (AvgIpc) is 3.69. The van der Waals surface area contributed by atoms with Crippen molar-refractivity contribution >= 4 is 23.5 Å². The lowest BCUT2D eigenvalue weighted by atomic mass is 9.84. The zero-order valence-electron chi connectivity index (χ0n) is 23.2. The van der Waals surface area contributed by atoms with Crippen molar-refractivity contribution in [2.45, 2.75) is 32.4 Å². The SMILES string of the molecule is Cc1nccn1C/C1=C/CC2=C(N=CC3CC23)C(N2CCN(C(=O)Nc3ccc(C#N)cc3)CC2)c2ccccc21. The smallest absolute Gasteiger partial charge is 0.321 e. The normalized spacial score (nSPS) is 24.6. The molecule has 0 spiro atoms. The number of aliphatic imine (C=N–C) groups is 1. The van der Waals surface area contributed by atoms with E-state index in [0.29, 0.717) is 36.2 Å². The fourth-order valence-corrected chi connectivity index (χ4v) is 6.54. The third-order valence-corrected chi connectivity index (χ3v) is 8.95. The van der Waals surface area contributed by atoms with Gasteiger partial charge in [-0.05, 0) is 72.2 Å². The number of nitriles is 1. The summed E-state index contributed by atoms with van der Waals surface area (Å²) in [6.07, 6.45) is 10.7. The van der Waals surface area contributed by atoms with Crippen molar-refractivity contribution in [2.75, 3.05) is 31.5 Å². The molecule has 0 bridgehead atoms. The predicted molar refractivity (Wildman–Crippen MR) is 159 cm³/mol. The molecule has 2 aliphatic heterocycles. The maximum Gasteiger partial charge on any atom is 0.321 e. The fourth-order valence-electron chi connectivity index (χ4n) is 6.54. The number of amides is 2. The number of hydrogen-bond donors (Lipinski definition) is 1. The quantitative estimate of drug-likeness (QED) is 0.476. The number of aryl methyl sites for hydroxylation is 1. The van der Waals surface area contributed by atoms with Crippen LogP contribution in [-0.4, -0.2) is 57.8 Å². The van der Waals surface area contributed by atoms with Crippen LogP contribution in [0.15, 0.2) is 83.3 Å². The van der Waals surface area contributed by atoms with Gasteiger partial charge < -0.3 is 14.8 Å². The van der Waals surface area contributed by atoms with Crippen molar-refractivity contribution in [3.63, 3.8) is 0 Å². The van der Waals surface area contributed by atoms with Crippen molar-refractivity contribution in [1.82, 2.24) is 19.4 Å². The van der Waals surface area contributed by atoms with Crippen LogP contribution in [0.5, 0.6) is 0 Å². The molecule has 1 saturated heterocycles. The third-order valence-electron chi connectivity index (χ3n) is 8.95. The van der Waals surface area contributed by atoms with Crippen LogP contribution in [0, 0.1) is 30.1 Å². The van der Waals surface area contributed by atoms with E-state index < -0.39 is 0 Å². The molecule has 4 aliphatic rings. The van der Waals surface area contributed by atoms with E-state index in [2.05, 4.69) is 75.5 Å². The Bertz CT molecular complexity index is 1620. The highest BCUT2D eigenvalue weighted by molar-refractivity contribution is 5.89. The summed E-state index contributed by atoms with van der Waals surface area (Å²) in [6.45, 7) is 5.64. The minimum absolute atomic E-state index is 0.0512. The highest BCUT2D eigenvalue weighted by Crippen LogP contribution is 2.52. The van der Waals surface area contributed by atoms with Crippen LogP contribution >= 0.6 is 0 Å². The lowest BCUT2D eigenvalue weighted by Gasteiger charge is -2.41. The molecule has 3 unspecified atom stereocenters. The molecule has 1 aromatic heterocycles. The van der Waals surface area contributed by atoms with Gasteiger partial charge in [0.2, 0.25) is 0 Å². The number of urea groups is 1. The molecule has 7 rings (SSSR count). The number of allylic oxidation sites excluding steroid dienone is 3. The lowest BCUT2D eigenvalue weighted by Crippen LogP contribution is -2.51. The first-order chi connectivity index (χ1) is 20.1. The summed E-state index contributed by atoms with van der Waals surface area (Å²) in [4.78, 5) is 27.1. The molecule has 1 N–H and O–H groups in total. The van der Waals surface area contributed by atoms with E-state index in [9.17, 15) is 4.79 Å². The second-order valence-corrected chi connectivity index (χ2v) is 11.4. The van der Waals surface area contributed by atoms with Crippen LogP contribution in [-0.2, 0) is 6.54 Å². The minimum atomic E-state index is -0.107. The molecule has 0 radical (unpaired) electrons. The Morgan fingerprint density at radius 1 is 1.10 bits per heavy atom. The first kappa shape index (κ1) is 25.5. The van der Waals surface area contributed by atoms with Gasteiger partial charge in [-0.15, -0.1) is 0 Å². The van der Waals surface area contributed by atoms with E-state index in [1.807, 2.05) is 11.1 Å². The number of nitrogens with zero attached hydrogens (tertiary/aromatic N) is 6. The zero-order chi connectivity index (χ0) is 27.9. The number of fused-ring (bicyclic) bond motifs is 3. The number of nitrogens with one attached hydrogen (secondary N) is 1. The first-order valence-electron chi connectivity index (χ1n) is 14.4. The molecule has 8 heteroatoms. The van der Waals surface area contributed by atoms with Crippen molar-refractivity contribution in [3.05, 3.63) is 101 Å². The van der Waals surface area contributed by atoms with Gasteiger partial charge in [-0.1, -0.05) is 30.3 Å². The van der Waals surface area contributed by atoms with Gasteiger partial charge in [-0.2, -0.15) is 5.26 Å². The Morgan fingerprint density at radius 2 is 1.90 bits per heavy atom. The standard InChI is InChI=1S/C33H33N7O/c1-22-35-12-13-40(22)21-24-8-11-28-30-18-25(30)20-36-31(28)32(29-5-3-2-4-27(24)29)38-14-16-39(17-15-38)33(41)37-26-9-6-23(19-34)7-10-26/h2-10,12-13,20,25,30,32H,11,14-18,21H2,1H3,(H,37,41)/b24-8-. The Morgan fingerprint density at radius 3 is 2.66 bits per heavy atom. The molecular formula is C33H33N7O. The van der Waals surface area contributed by atoms with Crippen molar-refractivity contribution < 1.29 is 4.79 Å². The van der Waals surface area contributed by atoms with Gasteiger partial charge in [-0.25, -0.2) is 9.78 Å². The summed E-state index contributed by atoms with van der Waals surface area (Å²) < 4.78 is 2.22. The van der Waals surface area contributed by atoms with E-state index in [1.165, 1.54) is 34.4 Å². The van der Waals surface area contributed by atoms with Crippen LogP contribution < -0.4 is 5.32 Å². The van der Waals surface area contributed by atoms with E-state index in [4.69, 9.17) is 10.3 Å². The zero-order valence-corrected chi connectivity index (χ0v) is 23.2. The number of anilines is 1. The van der Waals surface area contributed by atoms with Crippen LogP contribution in [0.25, 0.3) is 5.57 Å². The van der Waals surface area contributed by atoms with Crippen molar-refractivity contribution in [2.24, 2.45) is 16.8 Å².